The average molecular weight is 509 g/mol. The molecular formula is C27H40O9. The zero-order valence-corrected chi connectivity index (χ0v) is 22.0. The van der Waals surface area contributed by atoms with Crippen molar-refractivity contribution < 1.29 is 43.5 Å². The zero-order chi connectivity index (χ0) is 26.5. The van der Waals surface area contributed by atoms with Crippen molar-refractivity contribution in [1.29, 1.82) is 0 Å². The maximum atomic E-state index is 13.0. The molecule has 4 aliphatic rings. The van der Waals surface area contributed by atoms with Gasteiger partial charge in [-0.25, -0.2) is 4.79 Å². The van der Waals surface area contributed by atoms with Crippen molar-refractivity contribution in [2.75, 3.05) is 19.8 Å². The van der Waals surface area contributed by atoms with Gasteiger partial charge in [-0.2, -0.15) is 0 Å². The van der Waals surface area contributed by atoms with Crippen LogP contribution < -0.4 is 0 Å². The van der Waals surface area contributed by atoms with E-state index in [-0.39, 0.29) is 37.4 Å². The summed E-state index contributed by atoms with van der Waals surface area (Å²) in [5.41, 5.74) is -1.84. The monoisotopic (exact) mass is 508 g/mol. The molecule has 9 atom stereocenters. The number of aliphatic hydroxyl groups excluding tert-OH is 2. The Balaban J connectivity index is 1.79. The number of carbonyl (C=O) groups is 3. The second kappa shape index (κ2) is 9.72. The van der Waals surface area contributed by atoms with Crippen molar-refractivity contribution in [3.05, 3.63) is 11.6 Å². The van der Waals surface area contributed by atoms with Gasteiger partial charge in [-0.15, -0.1) is 0 Å². The predicted molar refractivity (Wildman–Crippen MR) is 127 cm³/mol. The van der Waals surface area contributed by atoms with E-state index in [9.17, 15) is 24.6 Å². The van der Waals surface area contributed by atoms with Crippen LogP contribution in [-0.2, 0) is 33.3 Å². The largest absolute Gasteiger partial charge is 0.465 e. The number of epoxide rings is 1. The summed E-state index contributed by atoms with van der Waals surface area (Å²) in [6, 6.07) is 0. The molecular weight excluding hydrogens is 468 g/mol. The molecule has 202 valence electrons. The Morgan fingerprint density at radius 2 is 2.03 bits per heavy atom. The molecule has 2 aliphatic carbocycles. The number of fused-ring (bicyclic) bond motifs is 2. The van der Waals surface area contributed by atoms with Crippen LogP contribution in [0.5, 0.6) is 0 Å². The summed E-state index contributed by atoms with van der Waals surface area (Å²) in [5.74, 6) is -2.05. The van der Waals surface area contributed by atoms with E-state index in [0.717, 1.165) is 0 Å². The Kier molecular flexibility index (Phi) is 7.31. The first-order valence-electron chi connectivity index (χ1n) is 13.1. The van der Waals surface area contributed by atoms with Crippen LogP contribution in [0.1, 0.15) is 66.7 Å². The molecule has 0 aromatic carbocycles. The first-order chi connectivity index (χ1) is 16.9. The number of rotatable bonds is 8. The number of esters is 3. The van der Waals surface area contributed by atoms with Crippen molar-refractivity contribution >= 4 is 17.9 Å². The lowest BCUT2D eigenvalue weighted by molar-refractivity contribution is -0.254. The highest BCUT2D eigenvalue weighted by atomic mass is 16.6. The molecule has 1 spiro atoms. The second-order valence-corrected chi connectivity index (χ2v) is 11.6. The van der Waals surface area contributed by atoms with Gasteiger partial charge in [0.1, 0.15) is 24.9 Å². The molecule has 0 radical (unpaired) electrons. The summed E-state index contributed by atoms with van der Waals surface area (Å²) < 4.78 is 22.8. The third kappa shape index (κ3) is 4.37. The van der Waals surface area contributed by atoms with Crippen molar-refractivity contribution in [3.8, 4) is 0 Å². The normalized spacial score (nSPS) is 41.1. The molecule has 9 heteroatoms. The number of aliphatic hydroxyl groups is 2. The molecule has 2 saturated carbocycles. The van der Waals surface area contributed by atoms with E-state index in [1.165, 1.54) is 13.0 Å². The first-order valence-corrected chi connectivity index (χ1v) is 13.1. The lowest BCUT2D eigenvalue weighted by Crippen LogP contribution is -2.70. The van der Waals surface area contributed by atoms with Gasteiger partial charge in [0.15, 0.2) is 0 Å². The van der Waals surface area contributed by atoms with Gasteiger partial charge in [0, 0.05) is 24.5 Å². The molecule has 2 heterocycles. The van der Waals surface area contributed by atoms with Crippen LogP contribution in [0.15, 0.2) is 11.6 Å². The number of carbonyl (C=O) groups excluding carboxylic acids is 3. The van der Waals surface area contributed by atoms with Crippen LogP contribution in [-0.4, -0.2) is 71.9 Å². The molecule has 0 aromatic rings. The quantitative estimate of drug-likeness (QED) is 0.288. The fourth-order valence-corrected chi connectivity index (χ4v) is 7.09. The molecule has 2 aliphatic heterocycles. The summed E-state index contributed by atoms with van der Waals surface area (Å²) in [4.78, 5) is 36.6. The molecule has 9 nitrogen and oxygen atoms in total. The van der Waals surface area contributed by atoms with Crippen LogP contribution in [0.2, 0.25) is 0 Å². The Morgan fingerprint density at radius 1 is 1.33 bits per heavy atom. The molecule has 0 aromatic heterocycles. The Hall–Kier alpha value is -1.97. The molecule has 36 heavy (non-hydrogen) atoms. The molecule has 0 unspecified atom stereocenters. The first kappa shape index (κ1) is 27.1. The topological polar surface area (TPSA) is 132 Å². The highest BCUT2D eigenvalue weighted by Crippen LogP contribution is 2.69. The van der Waals surface area contributed by atoms with Crippen LogP contribution >= 0.6 is 0 Å². The molecule has 4 rings (SSSR count). The summed E-state index contributed by atoms with van der Waals surface area (Å²) >= 11 is 0. The van der Waals surface area contributed by atoms with Gasteiger partial charge < -0.3 is 29.2 Å². The van der Waals surface area contributed by atoms with E-state index < -0.39 is 52.6 Å². The third-order valence-electron chi connectivity index (χ3n) is 9.65. The number of cyclic esters (lactones) is 1. The van der Waals surface area contributed by atoms with Gasteiger partial charge in [-0.1, -0.05) is 27.7 Å². The van der Waals surface area contributed by atoms with E-state index in [0.29, 0.717) is 37.9 Å². The van der Waals surface area contributed by atoms with E-state index in [2.05, 4.69) is 0 Å². The molecule has 2 N–H and O–H groups in total. The SMILES string of the molecule is CC[C@H](C)C(=O)O[C@@H]1CC[C@]2(CO2)[C@@]2(COC(C)=O)[C@H]1[C@@](C)(C[C@H](O)C1=CC(=O)OC1)[C@H](C)C[C@@H]2O. The minimum Gasteiger partial charge on any atom is -0.465 e. The van der Waals surface area contributed by atoms with Crippen molar-refractivity contribution in [2.24, 2.45) is 28.6 Å². The second-order valence-electron chi connectivity index (χ2n) is 11.6. The predicted octanol–water partition coefficient (Wildman–Crippen LogP) is 2.31. The Labute approximate surface area is 212 Å². The smallest absolute Gasteiger partial charge is 0.331 e. The van der Waals surface area contributed by atoms with Crippen molar-refractivity contribution in [1.82, 2.24) is 0 Å². The summed E-state index contributed by atoms with van der Waals surface area (Å²) in [5, 5.41) is 22.9. The standard InChI is InChI=1S/C27H40O9/c1-6-15(2)24(32)36-20-7-8-26(13-35-26)27(14-34-17(4)28)21(30)9-16(3)25(5,23(20)27)11-19(29)18-10-22(31)33-12-18/h10,15-16,19-21,23,29-30H,6-9,11-14H2,1-5H3/t15-,16+,19-,20+,21-,23+,25-,26-,27+/m0/s1. The lowest BCUT2D eigenvalue weighted by Gasteiger charge is -2.64. The fraction of sp³-hybridized carbons (Fsp3) is 0.815. The van der Waals surface area contributed by atoms with Gasteiger partial charge in [0.05, 0.1) is 30.1 Å². The van der Waals surface area contributed by atoms with Crippen molar-refractivity contribution in [2.45, 2.75) is 90.6 Å². The van der Waals surface area contributed by atoms with Gasteiger partial charge in [0.2, 0.25) is 0 Å². The number of ether oxygens (including phenoxy) is 4. The highest BCUT2D eigenvalue weighted by Gasteiger charge is 2.76. The van der Waals surface area contributed by atoms with E-state index in [1.54, 1.807) is 0 Å². The van der Waals surface area contributed by atoms with Crippen molar-refractivity contribution in [3.63, 3.8) is 0 Å². The molecule has 3 fully saturated rings. The highest BCUT2D eigenvalue weighted by molar-refractivity contribution is 5.85. The van der Waals surface area contributed by atoms with Crippen LogP contribution in [0.4, 0.5) is 0 Å². The molecule has 0 bridgehead atoms. The molecule has 0 amide bonds. The number of hydrogen-bond acceptors (Lipinski definition) is 9. The van der Waals surface area contributed by atoms with E-state index in [1.807, 2.05) is 27.7 Å². The Morgan fingerprint density at radius 3 is 2.58 bits per heavy atom. The zero-order valence-electron chi connectivity index (χ0n) is 22.0. The summed E-state index contributed by atoms with van der Waals surface area (Å²) in [7, 11) is 0. The maximum absolute atomic E-state index is 13.0. The maximum Gasteiger partial charge on any atom is 0.331 e. The molecule has 1 saturated heterocycles. The Bertz CT molecular complexity index is 924. The van der Waals surface area contributed by atoms with E-state index in [4.69, 9.17) is 18.9 Å². The van der Waals surface area contributed by atoms with E-state index >= 15 is 0 Å². The fourth-order valence-electron chi connectivity index (χ4n) is 7.09. The minimum atomic E-state index is -1.01. The van der Waals surface area contributed by atoms with Gasteiger partial charge in [-0.05, 0) is 43.4 Å². The average Bonchev–Trinajstić information content (AvgIpc) is 3.47. The van der Waals surface area contributed by atoms with Gasteiger partial charge in [-0.3, -0.25) is 9.59 Å². The van der Waals surface area contributed by atoms with Crippen LogP contribution in [0, 0.1) is 28.6 Å². The minimum absolute atomic E-state index is 0.0375. The number of hydrogen-bond donors (Lipinski definition) is 2. The van der Waals surface area contributed by atoms with Crippen LogP contribution in [0.25, 0.3) is 0 Å². The third-order valence-corrected chi connectivity index (χ3v) is 9.65. The van der Waals surface area contributed by atoms with Gasteiger partial charge >= 0.3 is 17.9 Å². The summed E-state index contributed by atoms with van der Waals surface area (Å²) in [6.45, 7) is 9.56. The lowest BCUT2D eigenvalue weighted by atomic mass is 9.42. The van der Waals surface area contributed by atoms with Crippen LogP contribution in [0.3, 0.4) is 0 Å². The summed E-state index contributed by atoms with van der Waals surface area (Å²) in [6.07, 6.45) is 1.40. The van der Waals surface area contributed by atoms with Gasteiger partial charge in [0.25, 0.3) is 0 Å².